The van der Waals surface area contributed by atoms with Crippen molar-refractivity contribution in [2.45, 2.75) is 58.2 Å². The molecule has 2 aromatic carbocycles. The predicted molar refractivity (Wildman–Crippen MR) is 135 cm³/mol. The van der Waals surface area contributed by atoms with E-state index in [9.17, 15) is 4.21 Å². The quantitative estimate of drug-likeness (QED) is 0.361. The molecule has 0 amide bonds. The third-order valence-corrected chi connectivity index (χ3v) is 7.40. The van der Waals surface area contributed by atoms with Crippen LogP contribution in [0.2, 0.25) is 0 Å². The number of hydrogen-bond donors (Lipinski definition) is 1. The highest BCUT2D eigenvalue weighted by atomic mass is 32.2. The van der Waals surface area contributed by atoms with E-state index in [1.54, 1.807) is 0 Å². The van der Waals surface area contributed by atoms with E-state index in [-0.39, 0.29) is 6.04 Å². The zero-order valence-electron chi connectivity index (χ0n) is 19.9. The normalized spacial score (nSPS) is 13.8. The van der Waals surface area contributed by atoms with Gasteiger partial charge in [-0.2, -0.15) is 0 Å². The van der Waals surface area contributed by atoms with Gasteiger partial charge in [-0.05, 0) is 63.4 Å². The molecule has 0 aliphatic rings. The maximum Gasteiger partial charge on any atom is 0.167 e. The van der Waals surface area contributed by atoms with Crippen molar-refractivity contribution >= 4 is 22.0 Å². The molecule has 0 unspecified atom stereocenters. The first kappa shape index (κ1) is 23.3. The Bertz CT molecular complexity index is 1290. The van der Waals surface area contributed by atoms with Gasteiger partial charge in [0.2, 0.25) is 0 Å². The molecule has 0 saturated heterocycles. The van der Waals surface area contributed by atoms with Crippen molar-refractivity contribution in [1.29, 1.82) is 0 Å². The molecule has 0 spiro atoms. The SMILES string of the molecule is CCc1ccc(C)c(C[C@H](N[S@@](=O)C(C)(C)C)c2ccccc2-c2noc3ccccc23)n1. The lowest BCUT2D eigenvalue weighted by atomic mass is 9.93. The lowest BCUT2D eigenvalue weighted by Gasteiger charge is -2.26. The first-order chi connectivity index (χ1) is 15.8. The van der Waals surface area contributed by atoms with Crippen LogP contribution in [0.1, 0.15) is 56.3 Å². The Morgan fingerprint density at radius 2 is 1.76 bits per heavy atom. The fourth-order valence-corrected chi connectivity index (χ4v) is 4.65. The van der Waals surface area contributed by atoms with E-state index >= 15 is 0 Å². The number of aryl methyl sites for hydroxylation is 2. The predicted octanol–water partition coefficient (Wildman–Crippen LogP) is 6.10. The van der Waals surface area contributed by atoms with Gasteiger partial charge in [0, 0.05) is 28.8 Å². The third-order valence-electron chi connectivity index (χ3n) is 5.79. The number of aromatic nitrogens is 2. The van der Waals surface area contributed by atoms with Crippen LogP contribution in [0.4, 0.5) is 0 Å². The third kappa shape index (κ3) is 5.07. The molecule has 0 saturated carbocycles. The molecule has 2 aromatic heterocycles. The Hall–Kier alpha value is -2.83. The minimum absolute atomic E-state index is 0.213. The fraction of sp³-hybridized carbons (Fsp3) is 0.333. The summed E-state index contributed by atoms with van der Waals surface area (Å²) in [5, 5.41) is 5.36. The van der Waals surface area contributed by atoms with E-state index < -0.39 is 15.7 Å². The number of pyridine rings is 1. The first-order valence-electron chi connectivity index (χ1n) is 11.3. The van der Waals surface area contributed by atoms with Crippen LogP contribution in [-0.2, 0) is 23.8 Å². The van der Waals surface area contributed by atoms with E-state index in [0.29, 0.717) is 6.42 Å². The van der Waals surface area contributed by atoms with Gasteiger partial charge in [0.1, 0.15) is 5.69 Å². The van der Waals surface area contributed by atoms with Crippen LogP contribution >= 0.6 is 0 Å². The Kier molecular flexibility index (Phi) is 6.77. The van der Waals surface area contributed by atoms with Crippen molar-refractivity contribution in [3.05, 3.63) is 83.2 Å². The Morgan fingerprint density at radius 3 is 2.52 bits per heavy atom. The zero-order chi connectivity index (χ0) is 23.6. The summed E-state index contributed by atoms with van der Waals surface area (Å²) in [5.74, 6) is 0. The van der Waals surface area contributed by atoms with Gasteiger partial charge in [-0.1, -0.05) is 54.5 Å². The van der Waals surface area contributed by atoms with Crippen molar-refractivity contribution in [2.75, 3.05) is 0 Å². The van der Waals surface area contributed by atoms with Crippen LogP contribution < -0.4 is 4.72 Å². The summed E-state index contributed by atoms with van der Waals surface area (Å²) in [6, 6.07) is 20.0. The molecule has 0 aliphatic carbocycles. The van der Waals surface area contributed by atoms with E-state index in [2.05, 4.69) is 48.0 Å². The van der Waals surface area contributed by atoms with Gasteiger partial charge in [-0.3, -0.25) is 4.98 Å². The second-order valence-corrected chi connectivity index (χ2v) is 11.3. The van der Waals surface area contributed by atoms with E-state index in [0.717, 1.165) is 51.2 Å². The minimum Gasteiger partial charge on any atom is -0.356 e. The largest absolute Gasteiger partial charge is 0.356 e. The summed E-state index contributed by atoms with van der Waals surface area (Å²) in [7, 11) is -1.26. The smallest absolute Gasteiger partial charge is 0.167 e. The van der Waals surface area contributed by atoms with Gasteiger partial charge in [-0.15, -0.1) is 0 Å². The molecule has 4 rings (SSSR count). The Morgan fingerprint density at radius 1 is 1.03 bits per heavy atom. The molecule has 0 aliphatic heterocycles. The topological polar surface area (TPSA) is 68.0 Å². The summed E-state index contributed by atoms with van der Waals surface area (Å²) in [6.45, 7) is 10.1. The number of rotatable bonds is 7. The molecule has 2 heterocycles. The zero-order valence-corrected chi connectivity index (χ0v) is 20.7. The van der Waals surface area contributed by atoms with Crippen molar-refractivity contribution in [3.63, 3.8) is 0 Å². The first-order valence-corrected chi connectivity index (χ1v) is 12.5. The summed E-state index contributed by atoms with van der Waals surface area (Å²) < 4.78 is 21.8. The molecule has 6 heteroatoms. The van der Waals surface area contributed by atoms with Crippen molar-refractivity contribution < 1.29 is 8.73 Å². The molecular weight excluding hydrogens is 430 g/mol. The van der Waals surface area contributed by atoms with Crippen molar-refractivity contribution in [1.82, 2.24) is 14.9 Å². The van der Waals surface area contributed by atoms with Gasteiger partial charge < -0.3 is 4.52 Å². The van der Waals surface area contributed by atoms with Crippen LogP contribution in [0.5, 0.6) is 0 Å². The molecule has 4 aromatic rings. The van der Waals surface area contributed by atoms with Gasteiger partial charge in [-0.25, -0.2) is 8.93 Å². The second-order valence-electron chi connectivity index (χ2n) is 9.29. The van der Waals surface area contributed by atoms with Gasteiger partial charge in [0.25, 0.3) is 0 Å². The number of fused-ring (bicyclic) bond motifs is 1. The Labute approximate surface area is 198 Å². The van der Waals surface area contributed by atoms with E-state index in [1.165, 1.54) is 0 Å². The molecule has 2 atom stereocenters. The highest BCUT2D eigenvalue weighted by Crippen LogP contribution is 2.34. The maximum atomic E-state index is 13.2. The van der Waals surface area contributed by atoms with E-state index in [1.807, 2.05) is 57.2 Å². The van der Waals surface area contributed by atoms with Gasteiger partial charge in [0.15, 0.2) is 5.58 Å². The summed E-state index contributed by atoms with van der Waals surface area (Å²) in [5.41, 5.74) is 6.73. The number of hydrogen-bond acceptors (Lipinski definition) is 4. The number of nitrogens with zero attached hydrogens (tertiary/aromatic N) is 2. The van der Waals surface area contributed by atoms with Crippen LogP contribution in [0.3, 0.4) is 0 Å². The second kappa shape index (κ2) is 9.57. The Balaban J connectivity index is 1.82. The van der Waals surface area contributed by atoms with Crippen molar-refractivity contribution in [2.24, 2.45) is 0 Å². The number of nitrogens with one attached hydrogen (secondary N) is 1. The molecular formula is C27H31N3O2S. The van der Waals surface area contributed by atoms with Crippen LogP contribution in [0.15, 0.2) is 65.2 Å². The van der Waals surface area contributed by atoms with Crippen LogP contribution in [-0.4, -0.2) is 19.1 Å². The lowest BCUT2D eigenvalue weighted by molar-refractivity contribution is 0.459. The van der Waals surface area contributed by atoms with Crippen LogP contribution in [0.25, 0.3) is 22.2 Å². The molecule has 172 valence electrons. The molecule has 5 nitrogen and oxygen atoms in total. The average molecular weight is 462 g/mol. The highest BCUT2D eigenvalue weighted by molar-refractivity contribution is 7.84. The minimum atomic E-state index is -1.26. The van der Waals surface area contributed by atoms with E-state index in [4.69, 9.17) is 9.51 Å². The number of para-hydroxylation sites is 1. The van der Waals surface area contributed by atoms with Crippen molar-refractivity contribution in [3.8, 4) is 11.3 Å². The monoisotopic (exact) mass is 461 g/mol. The van der Waals surface area contributed by atoms with Gasteiger partial charge in [0.05, 0.1) is 21.8 Å². The summed E-state index contributed by atoms with van der Waals surface area (Å²) >= 11 is 0. The van der Waals surface area contributed by atoms with Gasteiger partial charge >= 0.3 is 0 Å². The maximum absolute atomic E-state index is 13.2. The van der Waals surface area contributed by atoms with Crippen LogP contribution in [0, 0.1) is 6.92 Å². The molecule has 33 heavy (non-hydrogen) atoms. The fourth-order valence-electron chi connectivity index (χ4n) is 3.83. The highest BCUT2D eigenvalue weighted by Gasteiger charge is 2.27. The molecule has 0 bridgehead atoms. The molecule has 0 radical (unpaired) electrons. The average Bonchev–Trinajstić information content (AvgIpc) is 3.23. The summed E-state index contributed by atoms with van der Waals surface area (Å²) in [6.07, 6.45) is 1.50. The number of benzene rings is 2. The molecule has 1 N–H and O–H groups in total. The molecule has 0 fully saturated rings. The standard InChI is InChI=1S/C27H31N3O2S/c1-6-19-16-15-18(2)23(28-19)17-24(30-33(31)27(3,4)5)20-11-7-8-12-21(20)26-22-13-9-10-14-25(22)32-29-26/h7-16,24,30H,6,17H2,1-5H3/t24-,33-/m0/s1. The lowest BCUT2D eigenvalue weighted by Crippen LogP contribution is -2.37. The summed E-state index contributed by atoms with van der Waals surface area (Å²) in [4.78, 5) is 4.89.